The largest absolute Gasteiger partial charge is 2.00 e. The molecule has 0 bridgehead atoms. The molecule has 19 valence electrons. The van der Waals surface area contributed by atoms with E-state index in [0.717, 1.165) is 0 Å². The van der Waals surface area contributed by atoms with Crippen LogP contribution in [0, 0.1) is 0 Å². The summed E-state index contributed by atoms with van der Waals surface area (Å²) < 4.78 is 0. The Balaban J connectivity index is 0. The summed E-state index contributed by atoms with van der Waals surface area (Å²) in [5.74, 6) is 0. The first-order valence-electron chi connectivity index (χ1n) is 0. The summed E-state index contributed by atoms with van der Waals surface area (Å²) in [7, 11) is 0. The summed E-state index contributed by atoms with van der Waals surface area (Å²) in [4.78, 5) is 0. The molecule has 0 nitrogen and oxygen atoms in total. The minimum absolute atomic E-state index is 0. The Labute approximate surface area is 123 Å². The number of hydrogen-bond donors (Lipinski definition) is 0. The van der Waals surface area contributed by atoms with Crippen molar-refractivity contribution in [2.24, 2.45) is 0 Å². The van der Waals surface area contributed by atoms with Crippen molar-refractivity contribution in [3.8, 4) is 0 Å². The second kappa shape index (κ2) is 15.7. The van der Waals surface area contributed by atoms with Crippen LogP contribution in [0.5, 0.6) is 0 Å². The fourth-order valence-electron chi connectivity index (χ4n) is 0. The Bertz CT molecular complexity index is 8.75. The maximum Gasteiger partial charge on any atom is 2.00 e. The van der Waals surface area contributed by atoms with Gasteiger partial charge in [-0.3, -0.25) is 0 Å². The molecule has 0 saturated heterocycles. The van der Waals surface area contributed by atoms with Crippen LogP contribution < -0.4 is 0 Å². The maximum absolute atomic E-state index is 0. The van der Waals surface area contributed by atoms with Gasteiger partial charge in [0.1, 0.15) is 0 Å². The SMILES string of the molecule is [Bi].[Bi].[Bi].[H-].[H-].[Sr+2]. The first-order chi connectivity index (χ1) is 0. The van der Waals surface area contributed by atoms with Crippen molar-refractivity contribution in [2.45, 2.75) is 0 Å². The fraction of sp³-hybridized carbons (Fsp3) is 0. The van der Waals surface area contributed by atoms with Crippen molar-refractivity contribution in [1.29, 1.82) is 0 Å². The molecular weight excluding hydrogens is 715 g/mol. The van der Waals surface area contributed by atoms with Gasteiger partial charge in [0.05, 0.1) is 0 Å². The van der Waals surface area contributed by atoms with Crippen molar-refractivity contribution in [1.82, 2.24) is 0 Å². The summed E-state index contributed by atoms with van der Waals surface area (Å²) in [5.41, 5.74) is 0. The summed E-state index contributed by atoms with van der Waals surface area (Å²) in [6, 6.07) is 0. The van der Waals surface area contributed by atoms with E-state index < -0.39 is 0 Å². The van der Waals surface area contributed by atoms with E-state index in [1.165, 1.54) is 0 Å². The molecule has 0 fully saturated rings. The van der Waals surface area contributed by atoms with Crippen LogP contribution in [0.2, 0.25) is 0 Å². The third kappa shape index (κ3) is 9.46. The average Bonchev–Trinajstić information content (AvgIpc) is 0. The van der Waals surface area contributed by atoms with Gasteiger partial charge in [0.2, 0.25) is 0 Å². The van der Waals surface area contributed by atoms with Crippen LogP contribution in [-0.4, -0.2) is 124 Å². The average molecular weight is 717 g/mol. The third-order valence-electron chi connectivity index (χ3n) is 0. The molecule has 4 heteroatoms. The van der Waals surface area contributed by atoms with Crippen molar-refractivity contribution >= 4 is 124 Å². The van der Waals surface area contributed by atoms with E-state index in [9.17, 15) is 0 Å². The molecule has 0 unspecified atom stereocenters. The van der Waals surface area contributed by atoms with Gasteiger partial charge in [0.25, 0.3) is 0 Å². The van der Waals surface area contributed by atoms with Gasteiger partial charge in [-0.15, -0.1) is 0 Å². The molecule has 4 heavy (non-hydrogen) atoms. The minimum Gasteiger partial charge on any atom is -1.00 e. The maximum atomic E-state index is 0. The summed E-state index contributed by atoms with van der Waals surface area (Å²) in [5, 5.41) is 0. The van der Waals surface area contributed by atoms with Gasteiger partial charge in [0, 0.05) is 78.6 Å². The zero-order valence-electron chi connectivity index (χ0n) is 4.05. The normalized spacial score (nSPS) is 0. The quantitative estimate of drug-likeness (QED) is 0.274. The van der Waals surface area contributed by atoms with Gasteiger partial charge in [-0.2, -0.15) is 0 Å². The minimum atomic E-state index is 0. The van der Waals surface area contributed by atoms with E-state index in [4.69, 9.17) is 0 Å². The Hall–Kier alpha value is 4.13. The summed E-state index contributed by atoms with van der Waals surface area (Å²) in [6.07, 6.45) is 0. The van der Waals surface area contributed by atoms with Crippen molar-refractivity contribution in [3.05, 3.63) is 0 Å². The molecule has 0 rings (SSSR count). The Morgan fingerprint density at radius 1 is 0.750 bits per heavy atom. The Kier molecular flexibility index (Phi) is 95.2. The molecule has 0 aliphatic rings. The first kappa shape index (κ1) is 24.2. The van der Waals surface area contributed by atoms with E-state index >= 15 is 0 Å². The summed E-state index contributed by atoms with van der Waals surface area (Å²) in [6.45, 7) is 0. The van der Waals surface area contributed by atoms with Gasteiger partial charge < -0.3 is 2.85 Å². The van der Waals surface area contributed by atoms with Gasteiger partial charge in [-0.05, 0) is 0 Å². The second-order valence-electron chi connectivity index (χ2n) is 0. The van der Waals surface area contributed by atoms with Crippen molar-refractivity contribution < 1.29 is 2.85 Å². The molecule has 0 aliphatic carbocycles. The van der Waals surface area contributed by atoms with E-state index in [-0.39, 0.29) is 127 Å². The van der Waals surface area contributed by atoms with Crippen LogP contribution in [0.4, 0.5) is 0 Å². The van der Waals surface area contributed by atoms with Gasteiger partial charge in [-0.1, -0.05) is 0 Å². The molecule has 0 atom stereocenters. The topological polar surface area (TPSA) is 0 Å². The van der Waals surface area contributed by atoms with Gasteiger partial charge >= 0.3 is 45.5 Å². The van der Waals surface area contributed by atoms with Crippen LogP contribution in [0.15, 0.2) is 0 Å². The van der Waals surface area contributed by atoms with Crippen LogP contribution in [-0.2, 0) is 0 Å². The smallest absolute Gasteiger partial charge is 1.00 e. The molecule has 0 aromatic rings. The van der Waals surface area contributed by atoms with Crippen LogP contribution in [0.3, 0.4) is 0 Å². The second-order valence-corrected chi connectivity index (χ2v) is 0. The van der Waals surface area contributed by atoms with Crippen LogP contribution in [0.25, 0.3) is 0 Å². The molecular formula is H2Bi3Sr. The predicted molar refractivity (Wildman–Crippen MR) is 25.2 cm³/mol. The zero-order valence-corrected chi connectivity index (χ0v) is 16.0. The molecule has 0 heterocycles. The van der Waals surface area contributed by atoms with Crippen LogP contribution >= 0.6 is 0 Å². The predicted octanol–water partition coefficient (Wildman–Crippen LogP) is -1.30. The Morgan fingerprint density at radius 3 is 0.750 bits per heavy atom. The molecule has 0 spiro atoms. The molecule has 0 saturated carbocycles. The number of hydrogen-bond acceptors (Lipinski definition) is 0. The Morgan fingerprint density at radius 2 is 0.750 bits per heavy atom. The summed E-state index contributed by atoms with van der Waals surface area (Å²) >= 11 is 0. The number of rotatable bonds is 0. The first-order valence-corrected chi connectivity index (χ1v) is 0. The zero-order chi connectivity index (χ0) is 0. The fourth-order valence-corrected chi connectivity index (χ4v) is 0. The van der Waals surface area contributed by atoms with E-state index in [1.54, 1.807) is 0 Å². The standard InChI is InChI=1S/3Bi.Sr.2H/q;;;+2;2*-1. The van der Waals surface area contributed by atoms with Crippen molar-refractivity contribution in [2.75, 3.05) is 0 Å². The molecule has 0 N–H and O–H groups in total. The van der Waals surface area contributed by atoms with Crippen molar-refractivity contribution in [3.63, 3.8) is 0 Å². The van der Waals surface area contributed by atoms with E-state index in [0.29, 0.717) is 0 Å². The van der Waals surface area contributed by atoms with Gasteiger partial charge in [-0.25, -0.2) is 0 Å². The van der Waals surface area contributed by atoms with E-state index in [2.05, 4.69) is 0 Å². The molecule has 0 amide bonds. The van der Waals surface area contributed by atoms with E-state index in [1.807, 2.05) is 0 Å². The molecule has 9 radical (unpaired) electrons. The third-order valence-corrected chi connectivity index (χ3v) is 0. The van der Waals surface area contributed by atoms with Gasteiger partial charge in [0.15, 0.2) is 0 Å². The molecule has 0 aromatic carbocycles. The molecule has 0 aromatic heterocycles. The monoisotopic (exact) mass is 717 g/mol. The van der Waals surface area contributed by atoms with Crippen LogP contribution in [0.1, 0.15) is 2.85 Å². The molecule has 0 aliphatic heterocycles.